The van der Waals surface area contributed by atoms with Crippen LogP contribution in [-0.4, -0.2) is 4.98 Å². The Morgan fingerprint density at radius 1 is 0.305 bits per heavy atom. The summed E-state index contributed by atoms with van der Waals surface area (Å²) in [6.07, 6.45) is -8.95. The van der Waals surface area contributed by atoms with Gasteiger partial charge in [0.05, 0.1) is 11.1 Å². The van der Waals surface area contributed by atoms with Gasteiger partial charge in [0.2, 0.25) is 0 Å². The molecule has 0 aliphatic rings. The maximum Gasteiger partial charge on any atom is 0.416 e. The van der Waals surface area contributed by atoms with E-state index in [9.17, 15) is 26.3 Å². The van der Waals surface area contributed by atoms with Crippen LogP contribution in [0.1, 0.15) is 11.1 Å². The number of aromatic amines is 1. The standard InChI is InChI=1S/C50H33F6N3/c51-49(52,53)37-9-7-15-43(31-37)58(39-11-3-1-4-12-39)41-23-17-33(18-24-41)35-21-27-47-45(29-35)46-30-36(22-28-48(46)57-47)34-19-25-42(26-20-34)59(40-13-5-2-6-14-40)44-16-8-10-38(32-44)50(54,55)56/h1-32,57H. The lowest BCUT2D eigenvalue weighted by Gasteiger charge is -2.26. The van der Waals surface area contributed by atoms with Crippen molar-refractivity contribution < 1.29 is 26.3 Å². The van der Waals surface area contributed by atoms with Crippen LogP contribution in [0.4, 0.5) is 60.5 Å². The van der Waals surface area contributed by atoms with E-state index >= 15 is 0 Å². The largest absolute Gasteiger partial charge is 0.416 e. The van der Waals surface area contributed by atoms with Crippen molar-refractivity contribution >= 4 is 55.9 Å². The van der Waals surface area contributed by atoms with Gasteiger partial charge in [0.15, 0.2) is 0 Å². The molecule has 0 atom stereocenters. The monoisotopic (exact) mass is 789 g/mol. The Morgan fingerprint density at radius 2 is 0.644 bits per heavy atom. The van der Waals surface area contributed by atoms with Crippen molar-refractivity contribution in [1.29, 1.82) is 0 Å². The Balaban J connectivity index is 1.03. The van der Waals surface area contributed by atoms with Crippen molar-refractivity contribution in [3.8, 4) is 22.3 Å². The number of alkyl halides is 6. The van der Waals surface area contributed by atoms with Crippen LogP contribution in [0.5, 0.6) is 0 Å². The van der Waals surface area contributed by atoms with E-state index in [0.29, 0.717) is 22.7 Å². The van der Waals surface area contributed by atoms with Crippen molar-refractivity contribution in [2.75, 3.05) is 9.80 Å². The molecular formula is C50H33F6N3. The minimum absolute atomic E-state index is 0.397. The van der Waals surface area contributed by atoms with E-state index in [1.165, 1.54) is 12.1 Å². The Bertz CT molecular complexity index is 2700. The predicted molar refractivity (Wildman–Crippen MR) is 226 cm³/mol. The minimum Gasteiger partial charge on any atom is -0.355 e. The molecule has 0 unspecified atom stereocenters. The SMILES string of the molecule is FC(F)(F)c1cccc(N(c2ccccc2)c2ccc(-c3ccc4[nH]c5ccc(-c6ccc(N(c7ccccc7)c7cccc(C(F)(F)F)c7)cc6)cc5c4c3)cc2)c1. The van der Waals surface area contributed by atoms with Crippen molar-refractivity contribution in [2.45, 2.75) is 12.4 Å². The number of hydrogen-bond acceptors (Lipinski definition) is 2. The molecule has 8 aromatic carbocycles. The first-order chi connectivity index (χ1) is 28.5. The highest BCUT2D eigenvalue weighted by Crippen LogP contribution is 2.41. The molecule has 0 fully saturated rings. The Morgan fingerprint density at radius 3 is 1.02 bits per heavy atom. The average Bonchev–Trinajstić information content (AvgIpc) is 3.62. The zero-order valence-corrected chi connectivity index (χ0v) is 31.1. The summed E-state index contributed by atoms with van der Waals surface area (Å²) in [5.41, 5.74) is 8.00. The van der Waals surface area contributed by atoms with E-state index in [1.54, 1.807) is 21.9 Å². The van der Waals surface area contributed by atoms with Gasteiger partial charge in [0, 0.05) is 55.9 Å². The number of aromatic nitrogens is 1. The number of rotatable bonds is 8. The third-order valence-electron chi connectivity index (χ3n) is 10.4. The molecule has 0 saturated carbocycles. The lowest BCUT2D eigenvalue weighted by molar-refractivity contribution is -0.138. The Hall–Kier alpha value is -7.26. The van der Waals surface area contributed by atoms with Gasteiger partial charge in [-0.1, -0.05) is 84.9 Å². The molecule has 1 aromatic heterocycles. The predicted octanol–water partition coefficient (Wildman–Crippen LogP) is 15.6. The normalized spacial score (nSPS) is 11.9. The van der Waals surface area contributed by atoms with Crippen LogP contribution in [-0.2, 0) is 12.4 Å². The molecule has 1 heterocycles. The number of nitrogens with zero attached hydrogens (tertiary/aromatic N) is 2. The van der Waals surface area contributed by atoms with Gasteiger partial charge in [0.1, 0.15) is 0 Å². The summed E-state index contributed by atoms with van der Waals surface area (Å²) in [7, 11) is 0. The van der Waals surface area contributed by atoms with Crippen molar-refractivity contribution in [3.05, 3.63) is 205 Å². The van der Waals surface area contributed by atoms with Crippen LogP contribution < -0.4 is 9.80 Å². The second-order valence-electron chi connectivity index (χ2n) is 14.2. The highest BCUT2D eigenvalue weighted by atomic mass is 19.4. The lowest BCUT2D eigenvalue weighted by Crippen LogP contribution is -2.12. The third-order valence-corrected chi connectivity index (χ3v) is 10.4. The molecule has 3 nitrogen and oxygen atoms in total. The van der Waals surface area contributed by atoms with E-state index in [2.05, 4.69) is 17.1 Å². The molecule has 1 N–H and O–H groups in total. The van der Waals surface area contributed by atoms with Crippen molar-refractivity contribution in [1.82, 2.24) is 4.98 Å². The molecule has 9 heteroatoms. The molecule has 0 amide bonds. The van der Waals surface area contributed by atoms with Gasteiger partial charge in [-0.3, -0.25) is 0 Å². The molecule has 0 radical (unpaired) electrons. The fraction of sp³-hybridized carbons (Fsp3) is 0.0400. The summed E-state index contributed by atoms with van der Waals surface area (Å²) in [6, 6.07) is 57.2. The summed E-state index contributed by atoms with van der Waals surface area (Å²) in [5, 5.41) is 2.05. The van der Waals surface area contributed by atoms with Crippen LogP contribution in [0, 0.1) is 0 Å². The molecule has 9 rings (SSSR count). The number of hydrogen-bond donors (Lipinski definition) is 1. The maximum atomic E-state index is 13.7. The Labute approximate surface area is 336 Å². The van der Waals surface area contributed by atoms with E-state index < -0.39 is 23.5 Å². The zero-order chi connectivity index (χ0) is 40.7. The average molecular weight is 790 g/mol. The number of benzene rings is 8. The maximum absolute atomic E-state index is 13.7. The molecule has 0 aliphatic carbocycles. The summed E-state index contributed by atoms with van der Waals surface area (Å²) in [5.74, 6) is 0. The van der Waals surface area contributed by atoms with E-state index in [4.69, 9.17) is 0 Å². The van der Waals surface area contributed by atoms with Crippen LogP contribution in [0.2, 0.25) is 0 Å². The molecule has 59 heavy (non-hydrogen) atoms. The molecule has 0 saturated heterocycles. The van der Waals surface area contributed by atoms with Gasteiger partial charge in [-0.05, 0) is 131 Å². The third kappa shape index (κ3) is 7.50. The van der Waals surface area contributed by atoms with E-state index in [0.717, 1.165) is 79.7 Å². The first kappa shape index (κ1) is 37.3. The van der Waals surface area contributed by atoms with Crippen molar-refractivity contribution in [2.24, 2.45) is 0 Å². The van der Waals surface area contributed by atoms with Crippen molar-refractivity contribution in [3.63, 3.8) is 0 Å². The fourth-order valence-electron chi connectivity index (χ4n) is 7.55. The van der Waals surface area contributed by atoms with Crippen LogP contribution in [0.3, 0.4) is 0 Å². The number of halogens is 6. The smallest absolute Gasteiger partial charge is 0.355 e. The summed E-state index contributed by atoms with van der Waals surface area (Å²) >= 11 is 0. The molecule has 0 spiro atoms. The minimum atomic E-state index is -4.47. The summed E-state index contributed by atoms with van der Waals surface area (Å²) < 4.78 is 82.2. The number of fused-ring (bicyclic) bond motifs is 3. The lowest BCUT2D eigenvalue weighted by atomic mass is 9.99. The summed E-state index contributed by atoms with van der Waals surface area (Å²) in [4.78, 5) is 7.12. The highest BCUT2D eigenvalue weighted by Gasteiger charge is 2.32. The molecular weight excluding hydrogens is 757 g/mol. The van der Waals surface area contributed by atoms with Gasteiger partial charge < -0.3 is 14.8 Å². The highest BCUT2D eigenvalue weighted by molar-refractivity contribution is 6.09. The molecule has 0 bridgehead atoms. The second-order valence-corrected chi connectivity index (χ2v) is 14.2. The van der Waals surface area contributed by atoms with Gasteiger partial charge >= 0.3 is 12.4 Å². The van der Waals surface area contributed by atoms with Gasteiger partial charge in [-0.15, -0.1) is 0 Å². The first-order valence-electron chi connectivity index (χ1n) is 18.8. The molecule has 9 aromatic rings. The molecule has 290 valence electrons. The summed E-state index contributed by atoms with van der Waals surface area (Å²) in [6.45, 7) is 0. The Kier molecular flexibility index (Phi) is 9.44. The first-order valence-corrected chi connectivity index (χ1v) is 18.8. The van der Waals surface area contributed by atoms with E-state index in [-0.39, 0.29) is 0 Å². The van der Waals surface area contributed by atoms with Gasteiger partial charge in [0.25, 0.3) is 0 Å². The van der Waals surface area contributed by atoms with Crippen LogP contribution in [0.15, 0.2) is 194 Å². The van der Waals surface area contributed by atoms with Gasteiger partial charge in [-0.2, -0.15) is 26.3 Å². The number of nitrogens with one attached hydrogen (secondary N) is 1. The van der Waals surface area contributed by atoms with Crippen LogP contribution >= 0.6 is 0 Å². The van der Waals surface area contributed by atoms with E-state index in [1.807, 2.05) is 133 Å². The van der Waals surface area contributed by atoms with Crippen LogP contribution in [0.25, 0.3) is 44.1 Å². The topological polar surface area (TPSA) is 22.3 Å². The number of para-hydroxylation sites is 2. The quantitative estimate of drug-likeness (QED) is 0.155. The fourth-order valence-corrected chi connectivity index (χ4v) is 7.55. The number of H-pyrrole nitrogens is 1. The van der Waals surface area contributed by atoms with Gasteiger partial charge in [-0.25, -0.2) is 0 Å². The second kappa shape index (κ2) is 14.9. The zero-order valence-electron chi connectivity index (χ0n) is 31.1. The molecule has 0 aliphatic heterocycles. The number of anilines is 6.